The Labute approximate surface area is 218 Å². The molecule has 1 aliphatic heterocycles. The monoisotopic (exact) mass is 533 g/mol. The minimum atomic E-state index is -4.25. The lowest BCUT2D eigenvalue weighted by Crippen LogP contribution is -2.39. The zero-order valence-electron chi connectivity index (χ0n) is 21.7. The molecule has 37 heavy (non-hydrogen) atoms. The van der Waals surface area contributed by atoms with Crippen LogP contribution in [-0.4, -0.2) is 94.0 Å². The van der Waals surface area contributed by atoms with Crippen LogP contribution < -0.4 is 9.47 Å². The van der Waals surface area contributed by atoms with Crippen molar-refractivity contribution < 1.29 is 32.6 Å². The van der Waals surface area contributed by atoms with Crippen LogP contribution in [0.3, 0.4) is 0 Å². The van der Waals surface area contributed by atoms with Crippen LogP contribution in [0.4, 0.5) is 0 Å². The molecule has 1 atom stereocenters. The second kappa shape index (κ2) is 12.4. The van der Waals surface area contributed by atoms with Gasteiger partial charge in [0.15, 0.2) is 11.5 Å². The number of likely N-dealkylation sites (tertiary alicyclic amines) is 1. The zero-order valence-corrected chi connectivity index (χ0v) is 22.5. The summed E-state index contributed by atoms with van der Waals surface area (Å²) in [5.41, 5.74) is 1.19. The molecule has 1 heterocycles. The van der Waals surface area contributed by atoms with Crippen LogP contribution in [0.15, 0.2) is 47.4 Å². The lowest BCUT2D eigenvalue weighted by Gasteiger charge is -2.32. The smallest absolute Gasteiger partial charge is 0.318 e. The number of ether oxygens (including phenoxy) is 2. The number of benzene rings is 2. The highest BCUT2D eigenvalue weighted by molar-refractivity contribution is 7.89. The fourth-order valence-electron chi connectivity index (χ4n) is 4.52. The number of sulfonamides is 1. The summed E-state index contributed by atoms with van der Waals surface area (Å²) in [6.45, 7) is 1.89. The molecule has 3 rings (SSSR count). The standard InChI is InChI=1S/C26H35N3O7S/c1-27(18-26(31)32)37(33,34)24-16-23(36-4)22(35-3)14-20(24)15-25(30)28(2)21(17-29-12-8-9-13-29)19-10-6-5-7-11-19/h5-7,10-11,14,16,21H,8-9,12-13,15,17-18H2,1-4H3,(H,31,32)/t21-/m1/s1. The van der Waals surface area contributed by atoms with E-state index < -0.39 is 22.5 Å². The predicted octanol–water partition coefficient (Wildman–Crippen LogP) is 2.25. The van der Waals surface area contributed by atoms with Crippen LogP contribution in [0.5, 0.6) is 11.5 Å². The van der Waals surface area contributed by atoms with Gasteiger partial charge in [0, 0.05) is 26.7 Å². The fourth-order valence-corrected chi connectivity index (χ4v) is 5.86. The highest BCUT2D eigenvalue weighted by Gasteiger charge is 2.31. The number of hydrogen-bond acceptors (Lipinski definition) is 7. The average Bonchev–Trinajstić information content (AvgIpc) is 3.39. The molecule has 11 heteroatoms. The van der Waals surface area contributed by atoms with Gasteiger partial charge in [-0.25, -0.2) is 8.42 Å². The van der Waals surface area contributed by atoms with Crippen molar-refractivity contribution in [3.8, 4) is 11.5 Å². The van der Waals surface area contributed by atoms with E-state index in [0.29, 0.717) is 6.54 Å². The fraction of sp³-hybridized carbons (Fsp3) is 0.462. The van der Waals surface area contributed by atoms with Gasteiger partial charge in [0.2, 0.25) is 15.9 Å². The quantitative estimate of drug-likeness (QED) is 0.442. The molecule has 1 saturated heterocycles. The van der Waals surface area contributed by atoms with Gasteiger partial charge >= 0.3 is 5.97 Å². The summed E-state index contributed by atoms with van der Waals surface area (Å²) in [5.74, 6) is -1.15. The zero-order chi connectivity index (χ0) is 27.2. The van der Waals surface area contributed by atoms with Gasteiger partial charge in [0.1, 0.15) is 6.54 Å². The van der Waals surface area contributed by atoms with Gasteiger partial charge in [-0.3, -0.25) is 9.59 Å². The van der Waals surface area contributed by atoms with Gasteiger partial charge in [0.25, 0.3) is 0 Å². The summed E-state index contributed by atoms with van der Waals surface area (Å²) in [6.07, 6.45) is 2.02. The summed E-state index contributed by atoms with van der Waals surface area (Å²) in [6, 6.07) is 12.3. The Balaban J connectivity index is 1.98. The number of hydrogen-bond donors (Lipinski definition) is 1. The summed E-state index contributed by atoms with van der Waals surface area (Å²) in [4.78, 5) is 28.6. The van der Waals surface area contributed by atoms with Gasteiger partial charge in [0.05, 0.1) is 31.6 Å². The van der Waals surface area contributed by atoms with E-state index in [1.807, 2.05) is 30.3 Å². The van der Waals surface area contributed by atoms with E-state index in [1.165, 1.54) is 33.4 Å². The SMILES string of the molecule is COc1cc(CC(=O)N(C)[C@H](CN2CCCC2)c2ccccc2)c(S(=O)(=O)N(C)CC(=O)O)cc1OC. The average molecular weight is 534 g/mol. The molecule has 0 spiro atoms. The lowest BCUT2D eigenvalue weighted by molar-refractivity contribution is -0.137. The van der Waals surface area contributed by atoms with Crippen molar-refractivity contribution in [3.05, 3.63) is 53.6 Å². The van der Waals surface area contributed by atoms with Crippen molar-refractivity contribution in [2.45, 2.75) is 30.2 Å². The maximum Gasteiger partial charge on any atom is 0.318 e. The number of likely N-dealkylation sites (N-methyl/N-ethyl adjacent to an activating group) is 2. The van der Waals surface area contributed by atoms with Crippen molar-refractivity contribution in [3.63, 3.8) is 0 Å². The number of amides is 1. The minimum Gasteiger partial charge on any atom is -0.493 e. The van der Waals surface area contributed by atoms with Crippen molar-refractivity contribution in [2.75, 3.05) is 54.5 Å². The number of nitrogens with zero attached hydrogens (tertiary/aromatic N) is 3. The minimum absolute atomic E-state index is 0.158. The Morgan fingerprint density at radius 2 is 1.62 bits per heavy atom. The molecular weight excluding hydrogens is 498 g/mol. The second-order valence-corrected chi connectivity index (χ2v) is 11.1. The first kappa shape index (κ1) is 28.4. The third kappa shape index (κ3) is 6.79. The van der Waals surface area contributed by atoms with Gasteiger partial charge < -0.3 is 24.4 Å². The van der Waals surface area contributed by atoms with E-state index in [0.717, 1.165) is 35.8 Å². The van der Waals surface area contributed by atoms with Crippen LogP contribution in [0.25, 0.3) is 0 Å². The van der Waals surface area contributed by atoms with Crippen molar-refractivity contribution in [1.29, 1.82) is 0 Å². The summed E-state index contributed by atoms with van der Waals surface area (Å²) >= 11 is 0. The number of carboxylic acid groups (broad SMARTS) is 1. The van der Waals surface area contributed by atoms with E-state index in [-0.39, 0.29) is 40.3 Å². The van der Waals surface area contributed by atoms with E-state index >= 15 is 0 Å². The molecule has 0 radical (unpaired) electrons. The van der Waals surface area contributed by atoms with Crippen LogP contribution in [0.1, 0.15) is 30.0 Å². The summed E-state index contributed by atoms with van der Waals surface area (Å²) < 4.78 is 38.0. The maximum atomic E-state index is 13.6. The molecule has 0 aromatic heterocycles. The van der Waals surface area contributed by atoms with Crippen molar-refractivity contribution in [2.24, 2.45) is 0 Å². The molecule has 1 N–H and O–H groups in total. The molecule has 2 aromatic carbocycles. The third-order valence-electron chi connectivity index (χ3n) is 6.63. The van der Waals surface area contributed by atoms with Crippen LogP contribution in [-0.2, 0) is 26.0 Å². The molecule has 1 fully saturated rings. The first-order chi connectivity index (χ1) is 17.6. The molecule has 10 nitrogen and oxygen atoms in total. The molecule has 0 saturated carbocycles. The number of aliphatic carboxylic acids is 1. The van der Waals surface area contributed by atoms with Crippen LogP contribution in [0.2, 0.25) is 0 Å². The Kier molecular flexibility index (Phi) is 9.52. The first-order valence-electron chi connectivity index (χ1n) is 12.0. The molecule has 202 valence electrons. The van der Waals surface area contributed by atoms with Gasteiger partial charge in [-0.05, 0) is 43.1 Å². The predicted molar refractivity (Wildman–Crippen MR) is 138 cm³/mol. The van der Waals surface area contributed by atoms with Gasteiger partial charge in [-0.15, -0.1) is 0 Å². The first-order valence-corrected chi connectivity index (χ1v) is 13.5. The number of carbonyl (C=O) groups is 2. The third-order valence-corrected chi connectivity index (χ3v) is 8.52. The number of carboxylic acids is 1. The van der Waals surface area contributed by atoms with Crippen molar-refractivity contribution in [1.82, 2.24) is 14.1 Å². The highest BCUT2D eigenvalue weighted by atomic mass is 32.2. The van der Waals surface area contributed by atoms with Crippen LogP contribution >= 0.6 is 0 Å². The molecule has 2 aromatic rings. The van der Waals surface area contributed by atoms with E-state index in [2.05, 4.69) is 4.90 Å². The normalized spacial score (nSPS) is 14.9. The Morgan fingerprint density at radius 1 is 1.03 bits per heavy atom. The molecule has 0 bridgehead atoms. The molecule has 1 aliphatic rings. The topological polar surface area (TPSA) is 117 Å². The second-order valence-electron chi connectivity index (χ2n) is 9.09. The Hall–Kier alpha value is -3.15. The lowest BCUT2D eigenvalue weighted by atomic mass is 10.0. The number of carbonyl (C=O) groups excluding carboxylic acids is 1. The highest BCUT2D eigenvalue weighted by Crippen LogP contribution is 2.35. The molecule has 0 aliphatic carbocycles. The van der Waals surface area contributed by atoms with E-state index in [9.17, 15) is 18.0 Å². The Bertz CT molecular complexity index is 1200. The Morgan fingerprint density at radius 3 is 2.19 bits per heavy atom. The number of rotatable bonds is 12. The van der Waals surface area contributed by atoms with Crippen molar-refractivity contribution >= 4 is 21.9 Å². The molecular formula is C26H35N3O7S. The summed E-state index contributed by atoms with van der Waals surface area (Å²) in [7, 11) is 1.45. The largest absolute Gasteiger partial charge is 0.493 e. The maximum absolute atomic E-state index is 13.6. The molecule has 0 unspecified atom stereocenters. The van der Waals surface area contributed by atoms with Gasteiger partial charge in [-0.1, -0.05) is 30.3 Å². The summed E-state index contributed by atoms with van der Waals surface area (Å²) in [5, 5.41) is 9.14. The van der Waals surface area contributed by atoms with E-state index in [4.69, 9.17) is 14.6 Å². The number of methoxy groups -OCH3 is 2. The van der Waals surface area contributed by atoms with Crippen LogP contribution in [0, 0.1) is 0 Å². The van der Waals surface area contributed by atoms with E-state index in [1.54, 1.807) is 11.9 Å². The van der Waals surface area contributed by atoms with Gasteiger partial charge in [-0.2, -0.15) is 4.31 Å². The molecule has 1 amide bonds.